The Balaban J connectivity index is 1.70. The topological polar surface area (TPSA) is 89.4 Å². The van der Waals surface area contributed by atoms with Crippen molar-refractivity contribution in [2.45, 2.75) is 53.0 Å². The SMILES string of the molecule is Cc1nc(C)n(C(C)CNC(=O)CN2C(=O)COc3ccc(C(C)(C)C)cc32)n1. The van der Waals surface area contributed by atoms with E-state index < -0.39 is 0 Å². The van der Waals surface area contributed by atoms with E-state index in [0.29, 0.717) is 23.8 Å². The lowest BCUT2D eigenvalue weighted by Crippen LogP contribution is -2.46. The number of ether oxygens (including phenoxy) is 1. The molecule has 0 fully saturated rings. The van der Waals surface area contributed by atoms with Gasteiger partial charge in [-0.1, -0.05) is 26.8 Å². The molecule has 1 aliphatic rings. The molecule has 0 saturated carbocycles. The van der Waals surface area contributed by atoms with Crippen LogP contribution in [0.1, 0.15) is 50.9 Å². The van der Waals surface area contributed by atoms with Gasteiger partial charge in [-0.05, 0) is 43.9 Å². The molecule has 0 saturated heterocycles. The van der Waals surface area contributed by atoms with Gasteiger partial charge in [0.1, 0.15) is 23.9 Å². The number of carbonyl (C=O) groups excluding carboxylic acids is 2. The number of nitrogens with zero attached hydrogens (tertiary/aromatic N) is 4. The van der Waals surface area contributed by atoms with E-state index in [4.69, 9.17) is 4.74 Å². The van der Waals surface area contributed by atoms with Gasteiger partial charge in [0.15, 0.2) is 6.61 Å². The van der Waals surface area contributed by atoms with E-state index >= 15 is 0 Å². The van der Waals surface area contributed by atoms with Crippen LogP contribution in [0.25, 0.3) is 0 Å². The minimum absolute atomic E-state index is 0.0414. The molecular formula is C21H29N5O3. The first-order valence-electron chi connectivity index (χ1n) is 9.80. The van der Waals surface area contributed by atoms with E-state index in [1.54, 1.807) is 4.68 Å². The van der Waals surface area contributed by atoms with Crippen LogP contribution in [-0.4, -0.2) is 46.3 Å². The van der Waals surface area contributed by atoms with Crippen LogP contribution in [0.3, 0.4) is 0 Å². The lowest BCUT2D eigenvalue weighted by atomic mass is 9.86. The molecule has 1 unspecified atom stereocenters. The summed E-state index contributed by atoms with van der Waals surface area (Å²) >= 11 is 0. The molecule has 1 N–H and O–H groups in total. The van der Waals surface area contributed by atoms with Gasteiger partial charge in [0, 0.05) is 6.54 Å². The van der Waals surface area contributed by atoms with Crippen molar-refractivity contribution in [1.82, 2.24) is 20.1 Å². The summed E-state index contributed by atoms with van der Waals surface area (Å²) in [4.78, 5) is 30.8. The number of hydrogen-bond donors (Lipinski definition) is 1. The normalized spacial score (nSPS) is 15.0. The average molecular weight is 399 g/mol. The van der Waals surface area contributed by atoms with Crippen LogP contribution in [-0.2, 0) is 15.0 Å². The van der Waals surface area contributed by atoms with Gasteiger partial charge in [0.25, 0.3) is 5.91 Å². The van der Waals surface area contributed by atoms with E-state index in [2.05, 4.69) is 36.2 Å². The molecule has 0 spiro atoms. The summed E-state index contributed by atoms with van der Waals surface area (Å²) in [5.41, 5.74) is 1.64. The molecule has 2 aromatic rings. The van der Waals surface area contributed by atoms with Crippen molar-refractivity contribution in [3.8, 4) is 5.75 Å². The number of nitrogens with one attached hydrogen (secondary N) is 1. The molecule has 0 aliphatic carbocycles. The van der Waals surface area contributed by atoms with Gasteiger partial charge in [-0.2, -0.15) is 5.10 Å². The number of aromatic nitrogens is 3. The standard InChI is InChI=1S/C21H29N5O3/c1-13(26-15(3)23-14(2)24-26)10-22-19(27)11-25-17-9-16(21(4,5)6)7-8-18(17)29-12-20(25)28/h7-9,13H,10-12H2,1-6H3,(H,22,27). The van der Waals surface area contributed by atoms with Gasteiger partial charge in [-0.3, -0.25) is 14.5 Å². The summed E-state index contributed by atoms with van der Waals surface area (Å²) in [5.74, 6) is 1.66. The zero-order chi connectivity index (χ0) is 21.3. The number of fused-ring (bicyclic) bond motifs is 1. The third kappa shape index (κ3) is 4.58. The number of carbonyl (C=O) groups is 2. The van der Waals surface area contributed by atoms with Crippen LogP contribution >= 0.6 is 0 Å². The summed E-state index contributed by atoms with van der Waals surface area (Å²) in [7, 11) is 0. The molecule has 0 bridgehead atoms. The van der Waals surface area contributed by atoms with Gasteiger partial charge in [0.2, 0.25) is 5.91 Å². The van der Waals surface area contributed by atoms with Crippen LogP contribution in [0.2, 0.25) is 0 Å². The third-order valence-corrected chi connectivity index (χ3v) is 4.99. The van der Waals surface area contributed by atoms with Crippen LogP contribution < -0.4 is 15.0 Å². The van der Waals surface area contributed by atoms with Crippen LogP contribution in [0, 0.1) is 13.8 Å². The van der Waals surface area contributed by atoms with Crippen LogP contribution in [0.15, 0.2) is 18.2 Å². The minimum atomic E-state index is -0.228. The van der Waals surface area contributed by atoms with Gasteiger partial charge in [0.05, 0.1) is 11.7 Å². The number of amides is 2. The Kier molecular flexibility index (Phi) is 5.64. The molecule has 29 heavy (non-hydrogen) atoms. The van der Waals surface area contributed by atoms with Crippen molar-refractivity contribution < 1.29 is 14.3 Å². The van der Waals surface area contributed by atoms with Crippen molar-refractivity contribution in [3.05, 3.63) is 35.4 Å². The molecular weight excluding hydrogens is 370 g/mol. The van der Waals surface area contributed by atoms with E-state index in [0.717, 1.165) is 11.4 Å². The number of benzene rings is 1. The monoisotopic (exact) mass is 399 g/mol. The molecule has 1 atom stereocenters. The first kappa shape index (κ1) is 20.8. The fourth-order valence-electron chi connectivity index (χ4n) is 3.34. The highest BCUT2D eigenvalue weighted by Gasteiger charge is 2.29. The zero-order valence-electron chi connectivity index (χ0n) is 17.9. The average Bonchev–Trinajstić information content (AvgIpc) is 2.99. The minimum Gasteiger partial charge on any atom is -0.482 e. The maximum Gasteiger partial charge on any atom is 0.265 e. The molecule has 0 radical (unpaired) electrons. The number of hydrogen-bond acceptors (Lipinski definition) is 5. The summed E-state index contributed by atoms with van der Waals surface area (Å²) in [6, 6.07) is 5.76. The van der Waals surface area contributed by atoms with Crippen molar-refractivity contribution in [2.75, 3.05) is 24.6 Å². The van der Waals surface area contributed by atoms with Crippen molar-refractivity contribution in [1.29, 1.82) is 0 Å². The van der Waals surface area contributed by atoms with Gasteiger partial charge in [-0.15, -0.1) is 0 Å². The maximum atomic E-state index is 12.6. The van der Waals surface area contributed by atoms with E-state index in [1.165, 1.54) is 4.90 Å². The van der Waals surface area contributed by atoms with Crippen molar-refractivity contribution >= 4 is 17.5 Å². The Morgan fingerprint density at radius 2 is 2.03 bits per heavy atom. The van der Waals surface area contributed by atoms with E-state index in [9.17, 15) is 9.59 Å². The Morgan fingerprint density at radius 1 is 1.31 bits per heavy atom. The molecule has 1 aliphatic heterocycles. The summed E-state index contributed by atoms with van der Waals surface area (Å²) in [5, 5.41) is 7.25. The van der Waals surface area contributed by atoms with E-state index in [1.807, 2.05) is 39.0 Å². The van der Waals surface area contributed by atoms with Crippen LogP contribution in [0.5, 0.6) is 5.75 Å². The smallest absolute Gasteiger partial charge is 0.265 e. The highest BCUT2D eigenvalue weighted by Crippen LogP contribution is 2.36. The molecule has 3 rings (SSSR count). The zero-order valence-corrected chi connectivity index (χ0v) is 17.9. The quantitative estimate of drug-likeness (QED) is 0.833. The second kappa shape index (κ2) is 7.85. The number of anilines is 1. The van der Waals surface area contributed by atoms with Crippen molar-refractivity contribution in [3.63, 3.8) is 0 Å². The second-order valence-electron chi connectivity index (χ2n) is 8.50. The highest BCUT2D eigenvalue weighted by atomic mass is 16.5. The summed E-state index contributed by atoms with van der Waals surface area (Å²) < 4.78 is 7.34. The second-order valence-corrected chi connectivity index (χ2v) is 8.50. The summed E-state index contributed by atoms with van der Waals surface area (Å²) in [6.45, 7) is 12.3. The molecule has 2 amide bonds. The highest BCUT2D eigenvalue weighted by molar-refractivity contribution is 6.02. The van der Waals surface area contributed by atoms with Gasteiger partial charge < -0.3 is 10.1 Å². The molecule has 156 valence electrons. The Labute approximate surface area is 171 Å². The predicted molar refractivity (Wildman–Crippen MR) is 110 cm³/mol. The molecule has 8 heteroatoms. The van der Waals surface area contributed by atoms with Gasteiger partial charge >= 0.3 is 0 Å². The van der Waals surface area contributed by atoms with E-state index in [-0.39, 0.29) is 36.4 Å². The predicted octanol–water partition coefficient (Wildman–Crippen LogP) is 2.30. The largest absolute Gasteiger partial charge is 0.482 e. The van der Waals surface area contributed by atoms with Crippen LogP contribution in [0.4, 0.5) is 5.69 Å². The molecule has 1 aromatic heterocycles. The fourth-order valence-corrected chi connectivity index (χ4v) is 3.34. The van der Waals surface area contributed by atoms with Crippen molar-refractivity contribution in [2.24, 2.45) is 0 Å². The molecule has 1 aromatic carbocycles. The molecule has 8 nitrogen and oxygen atoms in total. The number of rotatable bonds is 5. The Hall–Kier alpha value is -2.90. The van der Waals surface area contributed by atoms with Gasteiger partial charge in [-0.25, -0.2) is 9.67 Å². The maximum absolute atomic E-state index is 12.6. The fraction of sp³-hybridized carbons (Fsp3) is 0.524. The first-order chi connectivity index (χ1) is 13.6. The lowest BCUT2D eigenvalue weighted by molar-refractivity contribution is -0.125. The third-order valence-electron chi connectivity index (χ3n) is 4.99. The summed E-state index contributed by atoms with van der Waals surface area (Å²) in [6.07, 6.45) is 0. The lowest BCUT2D eigenvalue weighted by Gasteiger charge is -2.31. The first-order valence-corrected chi connectivity index (χ1v) is 9.80. The number of aryl methyl sites for hydroxylation is 2. The molecule has 2 heterocycles. The Bertz CT molecular complexity index is 929. The Morgan fingerprint density at radius 3 is 2.66 bits per heavy atom.